The summed E-state index contributed by atoms with van der Waals surface area (Å²) in [5.41, 5.74) is 0. The molecule has 4 bridgehead atoms. The van der Waals surface area contributed by atoms with E-state index in [0.717, 1.165) is 22.9 Å². The number of hydrogen-bond acceptors (Lipinski definition) is 4. The molecule has 2 heterocycles. The monoisotopic (exact) mass is 324 g/mol. The van der Waals surface area contributed by atoms with E-state index in [1.54, 1.807) is 0 Å². The molecule has 24 heavy (non-hydrogen) atoms. The van der Waals surface area contributed by atoms with Gasteiger partial charge in [-0.25, -0.2) is 0 Å². The molecule has 6 rings (SSSR count). The Morgan fingerprint density at radius 2 is 0.792 bits per heavy atom. The molecule has 122 valence electrons. The van der Waals surface area contributed by atoms with Gasteiger partial charge in [-0.1, -0.05) is 24.3 Å². The second kappa shape index (κ2) is 3.87. The van der Waals surface area contributed by atoms with Gasteiger partial charge in [-0.2, -0.15) is 10.0 Å². The lowest BCUT2D eigenvalue weighted by atomic mass is 9.85. The maximum absolute atomic E-state index is 12.9. The summed E-state index contributed by atoms with van der Waals surface area (Å²) in [6.45, 7) is 0. The number of rotatable bonds is 1. The van der Waals surface area contributed by atoms with Gasteiger partial charge in [0.2, 0.25) is 0 Å². The minimum Gasteiger partial charge on any atom is -0.272 e. The number of imide groups is 2. The van der Waals surface area contributed by atoms with Gasteiger partial charge in [-0.3, -0.25) is 19.2 Å². The topological polar surface area (TPSA) is 74.8 Å². The third-order valence-electron chi connectivity index (χ3n) is 7.09. The SMILES string of the molecule is O=C1[C@@H]2[C@H](C(=O)N1N1C(=O)[C@H]3[C@H](C1=O)[C@@H]1C=C[C@@H]3C1)[C@H]1C=C[C@H]2C1. The highest BCUT2D eigenvalue weighted by Crippen LogP contribution is 2.56. The summed E-state index contributed by atoms with van der Waals surface area (Å²) in [7, 11) is 0. The van der Waals surface area contributed by atoms with Crippen LogP contribution >= 0.6 is 0 Å². The second-order valence-electron chi connectivity index (χ2n) is 7.98. The van der Waals surface area contributed by atoms with Crippen LogP contribution < -0.4 is 0 Å². The zero-order valence-electron chi connectivity index (χ0n) is 12.9. The van der Waals surface area contributed by atoms with Crippen molar-refractivity contribution in [1.82, 2.24) is 10.0 Å². The summed E-state index contributed by atoms with van der Waals surface area (Å²) >= 11 is 0. The van der Waals surface area contributed by atoms with Gasteiger partial charge in [0.1, 0.15) is 0 Å². The summed E-state index contributed by atoms with van der Waals surface area (Å²) in [5.74, 6) is -2.67. The van der Waals surface area contributed by atoms with Crippen molar-refractivity contribution < 1.29 is 19.2 Å². The molecule has 0 aromatic heterocycles. The van der Waals surface area contributed by atoms with Crippen molar-refractivity contribution in [3.63, 3.8) is 0 Å². The molecule has 0 radical (unpaired) electrons. The molecule has 6 heteroatoms. The van der Waals surface area contributed by atoms with Crippen molar-refractivity contribution in [2.45, 2.75) is 12.8 Å². The first-order valence-electron chi connectivity index (χ1n) is 8.70. The minimum atomic E-state index is -0.386. The molecule has 4 fully saturated rings. The zero-order chi connectivity index (χ0) is 16.3. The van der Waals surface area contributed by atoms with Gasteiger partial charge in [0, 0.05) is 0 Å². The molecule has 0 spiro atoms. The molecular formula is C18H16N2O4. The average molecular weight is 324 g/mol. The molecule has 4 aliphatic carbocycles. The van der Waals surface area contributed by atoms with Crippen LogP contribution in [0.4, 0.5) is 0 Å². The Kier molecular flexibility index (Phi) is 2.11. The Labute approximate surface area is 138 Å². The van der Waals surface area contributed by atoms with E-state index < -0.39 is 0 Å². The zero-order valence-corrected chi connectivity index (χ0v) is 12.9. The van der Waals surface area contributed by atoms with Crippen LogP contribution in [0, 0.1) is 47.3 Å². The first-order valence-corrected chi connectivity index (χ1v) is 8.70. The Hall–Kier alpha value is -2.24. The van der Waals surface area contributed by atoms with E-state index in [2.05, 4.69) is 0 Å². The lowest BCUT2D eigenvalue weighted by Crippen LogP contribution is -2.51. The van der Waals surface area contributed by atoms with E-state index in [1.165, 1.54) is 0 Å². The van der Waals surface area contributed by atoms with Crippen LogP contribution in [0.1, 0.15) is 12.8 Å². The molecule has 0 N–H and O–H groups in total. The van der Waals surface area contributed by atoms with Gasteiger partial charge >= 0.3 is 0 Å². The van der Waals surface area contributed by atoms with Gasteiger partial charge in [-0.15, -0.1) is 0 Å². The standard InChI is InChI=1S/C18H16N2O4/c21-15-11-7-1-2-8(5-7)12(11)16(22)19(15)20-17(23)13-9-3-4-10(6-9)14(13)18(20)24/h1-4,7-14H,5-6H2/t7-,8-,9+,10+,11-,12-,13-,14+/m1/s1. The number of hydrogen-bond donors (Lipinski definition) is 0. The van der Waals surface area contributed by atoms with Crippen LogP contribution in [0.25, 0.3) is 0 Å². The molecule has 6 aliphatic rings. The number of allylic oxidation sites excluding steroid dienone is 4. The lowest BCUT2D eigenvalue weighted by molar-refractivity contribution is -0.174. The van der Waals surface area contributed by atoms with Crippen LogP contribution in [-0.2, 0) is 19.2 Å². The number of nitrogens with zero attached hydrogens (tertiary/aromatic N) is 2. The first-order chi connectivity index (χ1) is 11.6. The fraction of sp³-hybridized carbons (Fsp3) is 0.556. The highest BCUT2D eigenvalue weighted by molar-refractivity contribution is 6.14. The normalized spacial score (nSPS) is 50.0. The van der Waals surface area contributed by atoms with Crippen LogP contribution in [0.5, 0.6) is 0 Å². The Bertz CT molecular complexity index is 673. The molecular weight excluding hydrogens is 308 g/mol. The third kappa shape index (κ3) is 1.21. The van der Waals surface area contributed by atoms with Gasteiger partial charge in [0.15, 0.2) is 0 Å². The fourth-order valence-electron chi connectivity index (χ4n) is 6.17. The summed E-state index contributed by atoms with van der Waals surface area (Å²) in [4.78, 5) is 51.5. The molecule has 0 unspecified atom stereocenters. The Balaban J connectivity index is 1.39. The number of fused-ring (bicyclic) bond motifs is 10. The van der Waals surface area contributed by atoms with Crippen molar-refractivity contribution in [3.8, 4) is 0 Å². The summed E-state index contributed by atoms with van der Waals surface area (Å²) in [5, 5.41) is 1.81. The predicted octanol–water partition coefficient (Wildman–Crippen LogP) is 0.516. The maximum atomic E-state index is 12.9. The number of amides is 4. The highest BCUT2D eigenvalue weighted by atomic mass is 16.2. The van der Waals surface area contributed by atoms with Gasteiger partial charge in [0.05, 0.1) is 23.7 Å². The number of carbonyl (C=O) groups excluding carboxylic acids is 4. The van der Waals surface area contributed by atoms with Gasteiger partial charge in [-0.05, 0) is 36.5 Å². The number of hydrazine groups is 1. The Morgan fingerprint density at radius 1 is 0.542 bits per heavy atom. The molecule has 6 nitrogen and oxygen atoms in total. The minimum absolute atomic E-state index is 0.0756. The van der Waals surface area contributed by atoms with Crippen molar-refractivity contribution in [2.75, 3.05) is 0 Å². The molecule has 0 aromatic carbocycles. The van der Waals surface area contributed by atoms with Crippen molar-refractivity contribution >= 4 is 23.6 Å². The van der Waals surface area contributed by atoms with E-state index in [9.17, 15) is 19.2 Å². The van der Waals surface area contributed by atoms with Gasteiger partial charge in [0.25, 0.3) is 23.6 Å². The maximum Gasteiger partial charge on any atom is 0.253 e. The third-order valence-corrected chi connectivity index (χ3v) is 7.09. The van der Waals surface area contributed by atoms with Crippen LogP contribution in [0.2, 0.25) is 0 Å². The van der Waals surface area contributed by atoms with Crippen LogP contribution in [0.15, 0.2) is 24.3 Å². The molecule has 4 amide bonds. The average Bonchev–Trinajstić information content (AvgIpc) is 3.36. The van der Waals surface area contributed by atoms with E-state index >= 15 is 0 Å². The summed E-state index contributed by atoms with van der Waals surface area (Å²) in [6.07, 6.45) is 9.70. The van der Waals surface area contributed by atoms with Gasteiger partial charge < -0.3 is 0 Å². The lowest BCUT2D eigenvalue weighted by Gasteiger charge is -2.26. The van der Waals surface area contributed by atoms with Crippen molar-refractivity contribution in [2.24, 2.45) is 47.3 Å². The quantitative estimate of drug-likeness (QED) is 0.520. The molecule has 8 atom stereocenters. The summed E-state index contributed by atoms with van der Waals surface area (Å²) < 4.78 is 0. The predicted molar refractivity (Wildman–Crippen MR) is 79.1 cm³/mol. The molecule has 2 saturated carbocycles. The first kappa shape index (κ1) is 13.1. The van der Waals surface area contributed by atoms with Crippen LogP contribution in [-0.4, -0.2) is 33.6 Å². The second-order valence-corrected chi connectivity index (χ2v) is 7.98. The highest BCUT2D eigenvalue weighted by Gasteiger charge is 2.66. The summed E-state index contributed by atoms with van der Waals surface area (Å²) in [6, 6.07) is 0. The molecule has 0 aromatic rings. The molecule has 2 aliphatic heterocycles. The molecule has 2 saturated heterocycles. The van der Waals surface area contributed by atoms with Crippen LogP contribution in [0.3, 0.4) is 0 Å². The fourth-order valence-corrected chi connectivity index (χ4v) is 6.17. The van der Waals surface area contributed by atoms with E-state index in [4.69, 9.17) is 0 Å². The van der Waals surface area contributed by atoms with E-state index in [1.807, 2.05) is 24.3 Å². The van der Waals surface area contributed by atoms with E-state index in [0.29, 0.717) is 0 Å². The van der Waals surface area contributed by atoms with Crippen molar-refractivity contribution in [3.05, 3.63) is 24.3 Å². The van der Waals surface area contributed by atoms with E-state index in [-0.39, 0.29) is 71.0 Å². The van der Waals surface area contributed by atoms with Crippen molar-refractivity contribution in [1.29, 1.82) is 0 Å². The largest absolute Gasteiger partial charge is 0.272 e. The number of carbonyl (C=O) groups is 4. The smallest absolute Gasteiger partial charge is 0.253 e. The Morgan fingerprint density at radius 3 is 1.04 bits per heavy atom.